The van der Waals surface area contributed by atoms with E-state index in [1.54, 1.807) is 0 Å². The Kier molecular flexibility index (Phi) is 7.53. The Morgan fingerprint density at radius 3 is 2.22 bits per heavy atom. The van der Waals surface area contributed by atoms with Gasteiger partial charge in [-0.1, -0.05) is 45.0 Å². The van der Waals surface area contributed by atoms with Crippen LogP contribution in [0.4, 0.5) is 0 Å². The van der Waals surface area contributed by atoms with E-state index >= 15 is 0 Å². The lowest BCUT2D eigenvalue weighted by Gasteiger charge is -2.34. The number of rotatable bonds is 6. The maximum absolute atomic E-state index is 5.88. The molecule has 1 unspecified atom stereocenters. The monoisotopic (exact) mass is 270 g/mol. The van der Waals surface area contributed by atoms with Crippen LogP contribution >= 0.6 is 12.4 Å². The van der Waals surface area contributed by atoms with Crippen molar-refractivity contribution < 1.29 is 0 Å². The number of hydrogen-bond donors (Lipinski definition) is 2. The molecule has 0 spiro atoms. The van der Waals surface area contributed by atoms with Gasteiger partial charge in [-0.2, -0.15) is 0 Å². The molecule has 1 rings (SSSR count). The van der Waals surface area contributed by atoms with Crippen molar-refractivity contribution in [3.8, 4) is 0 Å². The van der Waals surface area contributed by atoms with E-state index in [0.29, 0.717) is 12.5 Å². The van der Waals surface area contributed by atoms with Gasteiger partial charge >= 0.3 is 0 Å². The van der Waals surface area contributed by atoms with Gasteiger partial charge in [0.25, 0.3) is 0 Å². The number of nitrogens with one attached hydrogen (secondary N) is 1. The highest BCUT2D eigenvalue weighted by Crippen LogP contribution is 2.17. The molecule has 0 aliphatic rings. The number of nitrogens with two attached hydrogens (primary N) is 1. The van der Waals surface area contributed by atoms with Gasteiger partial charge in [-0.05, 0) is 30.4 Å². The van der Waals surface area contributed by atoms with E-state index in [1.165, 1.54) is 11.1 Å². The second-order valence-corrected chi connectivity index (χ2v) is 5.25. The van der Waals surface area contributed by atoms with Crippen LogP contribution in [0.3, 0.4) is 0 Å². The lowest BCUT2D eigenvalue weighted by Crippen LogP contribution is -2.52. The van der Waals surface area contributed by atoms with Gasteiger partial charge in [0.2, 0.25) is 0 Å². The Bertz CT molecular complexity index is 352. The number of halogens is 1. The largest absolute Gasteiger partial charge is 0.329 e. The third-order valence-electron chi connectivity index (χ3n) is 3.88. The average Bonchev–Trinajstić information content (AvgIpc) is 2.36. The third-order valence-corrected chi connectivity index (χ3v) is 3.88. The van der Waals surface area contributed by atoms with Crippen molar-refractivity contribution in [3.05, 3.63) is 35.4 Å². The van der Waals surface area contributed by atoms with Crippen LogP contribution in [0.1, 0.15) is 38.8 Å². The predicted octanol–water partition coefficient (Wildman–Crippen LogP) is 3.13. The summed E-state index contributed by atoms with van der Waals surface area (Å²) in [6.07, 6.45) is 1.08. The van der Waals surface area contributed by atoms with Gasteiger partial charge in [0.05, 0.1) is 0 Å². The average molecular weight is 271 g/mol. The van der Waals surface area contributed by atoms with Crippen molar-refractivity contribution in [3.63, 3.8) is 0 Å². The molecule has 0 saturated heterocycles. The molecule has 104 valence electrons. The minimum atomic E-state index is 0. The van der Waals surface area contributed by atoms with E-state index < -0.39 is 0 Å². The predicted molar refractivity (Wildman–Crippen MR) is 82.2 cm³/mol. The van der Waals surface area contributed by atoms with E-state index in [-0.39, 0.29) is 17.9 Å². The topological polar surface area (TPSA) is 38.0 Å². The van der Waals surface area contributed by atoms with Gasteiger partial charge in [-0.15, -0.1) is 12.4 Å². The zero-order valence-electron chi connectivity index (χ0n) is 12.0. The van der Waals surface area contributed by atoms with Gasteiger partial charge < -0.3 is 11.1 Å². The highest BCUT2D eigenvalue weighted by atomic mass is 35.5. The van der Waals surface area contributed by atoms with E-state index in [4.69, 9.17) is 5.73 Å². The first-order valence-electron chi connectivity index (χ1n) is 6.55. The highest BCUT2D eigenvalue weighted by Gasteiger charge is 2.25. The SMILES string of the molecule is CCc1ccccc1CNC(C)(CN)C(C)C.Cl. The first kappa shape index (κ1) is 17.4. The van der Waals surface area contributed by atoms with E-state index in [0.717, 1.165) is 13.0 Å². The summed E-state index contributed by atoms with van der Waals surface area (Å²) in [5.74, 6) is 0.529. The molecule has 0 radical (unpaired) electrons. The minimum Gasteiger partial charge on any atom is -0.329 e. The van der Waals surface area contributed by atoms with Crippen LogP contribution in [0.5, 0.6) is 0 Å². The fourth-order valence-corrected chi connectivity index (χ4v) is 1.88. The standard InChI is InChI=1S/C15H26N2.ClH/c1-5-13-8-6-7-9-14(13)10-17-15(4,11-16)12(2)3;/h6-9,12,17H,5,10-11,16H2,1-4H3;1H. The van der Waals surface area contributed by atoms with E-state index in [9.17, 15) is 0 Å². The normalized spacial score (nSPS) is 14.1. The fourth-order valence-electron chi connectivity index (χ4n) is 1.88. The second-order valence-electron chi connectivity index (χ2n) is 5.25. The molecule has 0 heterocycles. The van der Waals surface area contributed by atoms with Crippen molar-refractivity contribution >= 4 is 12.4 Å². The Morgan fingerprint density at radius 2 is 1.78 bits per heavy atom. The molecule has 0 aliphatic heterocycles. The number of aryl methyl sites for hydroxylation is 1. The Hall–Kier alpha value is -0.570. The first-order valence-corrected chi connectivity index (χ1v) is 6.55. The molecule has 0 amide bonds. The van der Waals surface area contributed by atoms with Crippen LogP contribution in [-0.4, -0.2) is 12.1 Å². The van der Waals surface area contributed by atoms with Crippen LogP contribution in [0.15, 0.2) is 24.3 Å². The summed E-state index contributed by atoms with van der Waals surface area (Å²) in [7, 11) is 0. The van der Waals surface area contributed by atoms with Crippen molar-refractivity contribution in [2.45, 2.75) is 46.2 Å². The van der Waals surface area contributed by atoms with Gasteiger partial charge in [0.1, 0.15) is 0 Å². The molecule has 1 aromatic rings. The maximum atomic E-state index is 5.88. The van der Waals surface area contributed by atoms with Crippen LogP contribution < -0.4 is 11.1 Å². The van der Waals surface area contributed by atoms with Crippen LogP contribution in [-0.2, 0) is 13.0 Å². The highest BCUT2D eigenvalue weighted by molar-refractivity contribution is 5.85. The van der Waals surface area contributed by atoms with Crippen molar-refractivity contribution in [1.82, 2.24) is 5.32 Å². The van der Waals surface area contributed by atoms with Gasteiger partial charge in [-0.25, -0.2) is 0 Å². The molecule has 2 nitrogen and oxygen atoms in total. The molecule has 0 fully saturated rings. The summed E-state index contributed by atoms with van der Waals surface area (Å²) >= 11 is 0. The van der Waals surface area contributed by atoms with E-state index in [2.05, 4.69) is 57.3 Å². The number of benzene rings is 1. The summed E-state index contributed by atoms with van der Waals surface area (Å²) < 4.78 is 0. The van der Waals surface area contributed by atoms with Crippen molar-refractivity contribution in [1.29, 1.82) is 0 Å². The zero-order chi connectivity index (χ0) is 12.9. The quantitative estimate of drug-likeness (QED) is 0.834. The molecule has 0 bridgehead atoms. The third kappa shape index (κ3) is 4.27. The lowest BCUT2D eigenvalue weighted by molar-refractivity contribution is 0.267. The smallest absolute Gasteiger partial charge is 0.0301 e. The molecule has 3 N–H and O–H groups in total. The summed E-state index contributed by atoms with van der Waals surface area (Å²) in [4.78, 5) is 0. The van der Waals surface area contributed by atoms with Crippen molar-refractivity contribution in [2.24, 2.45) is 11.7 Å². The fraction of sp³-hybridized carbons (Fsp3) is 0.600. The Morgan fingerprint density at radius 1 is 1.22 bits per heavy atom. The summed E-state index contributed by atoms with van der Waals surface area (Å²) in [6.45, 7) is 10.4. The second kappa shape index (κ2) is 7.78. The molecule has 0 saturated carbocycles. The molecule has 1 aromatic carbocycles. The van der Waals surface area contributed by atoms with Crippen molar-refractivity contribution in [2.75, 3.05) is 6.54 Å². The first-order chi connectivity index (χ1) is 8.03. The number of hydrogen-bond acceptors (Lipinski definition) is 2. The van der Waals surface area contributed by atoms with Crippen LogP contribution in [0, 0.1) is 5.92 Å². The van der Waals surface area contributed by atoms with Gasteiger partial charge in [-0.3, -0.25) is 0 Å². The maximum Gasteiger partial charge on any atom is 0.0301 e. The minimum absolute atomic E-state index is 0. The van der Waals surface area contributed by atoms with Gasteiger partial charge in [0.15, 0.2) is 0 Å². The molecular formula is C15H27ClN2. The molecule has 0 aromatic heterocycles. The summed E-state index contributed by atoms with van der Waals surface area (Å²) in [5, 5.41) is 3.61. The molecule has 0 aliphatic carbocycles. The zero-order valence-corrected chi connectivity index (χ0v) is 12.8. The molecule has 3 heteroatoms. The molecular weight excluding hydrogens is 244 g/mol. The van der Waals surface area contributed by atoms with Crippen LogP contribution in [0.2, 0.25) is 0 Å². The van der Waals surface area contributed by atoms with E-state index in [1.807, 2.05) is 0 Å². The summed E-state index contributed by atoms with van der Waals surface area (Å²) in [5.41, 5.74) is 8.70. The van der Waals surface area contributed by atoms with Crippen LogP contribution in [0.25, 0.3) is 0 Å². The Labute approximate surface area is 118 Å². The molecule has 1 atom stereocenters. The Balaban J connectivity index is 0.00000289. The summed E-state index contributed by atoms with van der Waals surface area (Å²) in [6, 6.07) is 8.60. The lowest BCUT2D eigenvalue weighted by atomic mass is 9.88. The van der Waals surface area contributed by atoms with Gasteiger partial charge in [0, 0.05) is 18.6 Å². The molecule has 18 heavy (non-hydrogen) atoms.